The predicted molar refractivity (Wildman–Crippen MR) is 96.7 cm³/mol. The van der Waals surface area contributed by atoms with Gasteiger partial charge in [-0.05, 0) is 60.2 Å². The number of anilines is 1. The average molecular weight is 375 g/mol. The van der Waals surface area contributed by atoms with Crippen molar-refractivity contribution in [3.63, 3.8) is 0 Å². The number of allylic oxidation sites excluding steroid dienone is 2. The van der Waals surface area contributed by atoms with Crippen LogP contribution in [0, 0.1) is 12.8 Å². The van der Waals surface area contributed by atoms with Crippen molar-refractivity contribution in [2.24, 2.45) is 5.92 Å². The monoisotopic (exact) mass is 373 g/mol. The molecule has 0 spiro atoms. The fourth-order valence-electron chi connectivity index (χ4n) is 3.84. The summed E-state index contributed by atoms with van der Waals surface area (Å²) >= 11 is 9.81. The Hall–Kier alpha value is -1.25. The largest absolute Gasteiger partial charge is 0.377 e. The third-order valence-corrected chi connectivity index (χ3v) is 5.61. The van der Waals surface area contributed by atoms with E-state index in [0.29, 0.717) is 17.9 Å². The molecule has 4 rings (SSSR count). The Labute approximate surface area is 144 Å². The van der Waals surface area contributed by atoms with Crippen LogP contribution in [0.1, 0.15) is 35.1 Å². The first-order chi connectivity index (χ1) is 10.6. The maximum Gasteiger partial charge on any atom is 0.0554 e. The van der Waals surface area contributed by atoms with Gasteiger partial charge in [-0.2, -0.15) is 0 Å². The van der Waals surface area contributed by atoms with Gasteiger partial charge in [0.2, 0.25) is 0 Å². The third kappa shape index (κ3) is 2.29. The zero-order valence-corrected chi connectivity index (χ0v) is 14.7. The zero-order valence-electron chi connectivity index (χ0n) is 12.3. The third-order valence-electron chi connectivity index (χ3n) is 4.86. The van der Waals surface area contributed by atoms with E-state index in [9.17, 15) is 0 Å². The molecule has 2 aromatic carbocycles. The molecule has 0 amide bonds. The summed E-state index contributed by atoms with van der Waals surface area (Å²) in [7, 11) is 0. The zero-order chi connectivity index (χ0) is 15.3. The van der Waals surface area contributed by atoms with Gasteiger partial charge in [0.15, 0.2) is 0 Å². The van der Waals surface area contributed by atoms with E-state index >= 15 is 0 Å². The molecule has 0 aromatic heterocycles. The molecule has 1 heterocycles. The molecule has 1 aliphatic heterocycles. The molecule has 112 valence electrons. The minimum atomic E-state index is 0.348. The Morgan fingerprint density at radius 1 is 1.18 bits per heavy atom. The standard InChI is InChI=1S/C19H17BrClN/c1-11-9-14(21)10-17-15-3-2-4-16(15)19(22-18(11)17)12-5-7-13(20)8-6-12/h2-3,5-10,15-16,19,22H,4H2,1H3/t15-,16-,19-/m1/s1. The Morgan fingerprint density at radius 2 is 1.95 bits per heavy atom. The fourth-order valence-corrected chi connectivity index (χ4v) is 4.39. The fraction of sp³-hybridized carbons (Fsp3) is 0.263. The van der Waals surface area contributed by atoms with Gasteiger partial charge in [0.25, 0.3) is 0 Å². The highest BCUT2D eigenvalue weighted by Gasteiger charge is 2.38. The number of benzene rings is 2. The number of nitrogens with one attached hydrogen (secondary N) is 1. The lowest BCUT2D eigenvalue weighted by Crippen LogP contribution is -2.29. The molecule has 0 saturated carbocycles. The van der Waals surface area contributed by atoms with E-state index in [2.05, 4.69) is 70.7 Å². The lowest BCUT2D eigenvalue weighted by Gasteiger charge is -2.38. The van der Waals surface area contributed by atoms with Crippen molar-refractivity contribution in [3.8, 4) is 0 Å². The smallest absolute Gasteiger partial charge is 0.0554 e. The summed E-state index contributed by atoms with van der Waals surface area (Å²) in [6.07, 6.45) is 5.78. The Kier molecular flexibility index (Phi) is 3.54. The second-order valence-corrected chi connectivity index (χ2v) is 7.57. The molecule has 0 radical (unpaired) electrons. The molecule has 3 atom stereocenters. The average Bonchev–Trinajstić information content (AvgIpc) is 2.97. The highest BCUT2D eigenvalue weighted by molar-refractivity contribution is 9.10. The molecule has 0 unspecified atom stereocenters. The molecular weight excluding hydrogens is 358 g/mol. The van der Waals surface area contributed by atoms with Crippen LogP contribution < -0.4 is 5.32 Å². The van der Waals surface area contributed by atoms with Crippen LogP contribution in [0.15, 0.2) is 53.0 Å². The molecule has 0 saturated heterocycles. The van der Waals surface area contributed by atoms with Gasteiger partial charge in [0, 0.05) is 21.1 Å². The topological polar surface area (TPSA) is 12.0 Å². The minimum absolute atomic E-state index is 0.348. The normalized spacial score (nSPS) is 25.5. The first-order valence-corrected chi connectivity index (χ1v) is 8.79. The van der Waals surface area contributed by atoms with Gasteiger partial charge in [-0.3, -0.25) is 0 Å². The van der Waals surface area contributed by atoms with Crippen molar-refractivity contribution >= 4 is 33.2 Å². The summed E-state index contributed by atoms with van der Waals surface area (Å²) in [5.74, 6) is 1.02. The van der Waals surface area contributed by atoms with Crippen LogP contribution in [0.4, 0.5) is 5.69 Å². The van der Waals surface area contributed by atoms with Crippen molar-refractivity contribution in [3.05, 3.63) is 74.7 Å². The Balaban J connectivity index is 1.82. The molecule has 3 heteroatoms. The molecular formula is C19H17BrClN. The van der Waals surface area contributed by atoms with Gasteiger partial charge in [-0.1, -0.05) is 51.8 Å². The van der Waals surface area contributed by atoms with Gasteiger partial charge in [0.05, 0.1) is 6.04 Å². The van der Waals surface area contributed by atoms with Gasteiger partial charge in [0.1, 0.15) is 0 Å². The number of hydrogen-bond acceptors (Lipinski definition) is 1. The van der Waals surface area contributed by atoms with E-state index in [-0.39, 0.29) is 0 Å². The van der Waals surface area contributed by atoms with Crippen LogP contribution in [0.25, 0.3) is 0 Å². The van der Waals surface area contributed by atoms with Crippen molar-refractivity contribution in [1.29, 1.82) is 0 Å². The van der Waals surface area contributed by atoms with Crippen LogP contribution in [-0.4, -0.2) is 0 Å². The molecule has 0 bridgehead atoms. The SMILES string of the molecule is Cc1cc(Cl)cc2c1N[C@H](c1ccc(Br)cc1)[C@@H]1CC=C[C@@H]21. The minimum Gasteiger partial charge on any atom is -0.377 e. The van der Waals surface area contributed by atoms with E-state index in [1.165, 1.54) is 22.4 Å². The van der Waals surface area contributed by atoms with Gasteiger partial charge >= 0.3 is 0 Å². The van der Waals surface area contributed by atoms with E-state index in [1.807, 2.05) is 6.07 Å². The van der Waals surface area contributed by atoms with Gasteiger partial charge in [-0.15, -0.1) is 0 Å². The van der Waals surface area contributed by atoms with Crippen molar-refractivity contribution < 1.29 is 0 Å². The Bertz CT molecular complexity index is 751. The highest BCUT2D eigenvalue weighted by Crippen LogP contribution is 2.51. The van der Waals surface area contributed by atoms with E-state index in [1.54, 1.807) is 0 Å². The van der Waals surface area contributed by atoms with Gasteiger partial charge < -0.3 is 5.32 Å². The molecule has 1 nitrogen and oxygen atoms in total. The Morgan fingerprint density at radius 3 is 2.73 bits per heavy atom. The van der Waals surface area contributed by atoms with Crippen molar-refractivity contribution in [2.75, 3.05) is 5.32 Å². The summed E-state index contributed by atoms with van der Waals surface area (Å²) in [6, 6.07) is 13.2. The number of halogens is 2. The van der Waals surface area contributed by atoms with Crippen molar-refractivity contribution in [2.45, 2.75) is 25.3 Å². The summed E-state index contributed by atoms with van der Waals surface area (Å²) in [6.45, 7) is 2.13. The van der Waals surface area contributed by atoms with Crippen LogP contribution >= 0.6 is 27.5 Å². The lowest BCUT2D eigenvalue weighted by molar-refractivity contribution is 0.425. The summed E-state index contributed by atoms with van der Waals surface area (Å²) < 4.78 is 1.12. The number of hydrogen-bond donors (Lipinski definition) is 1. The predicted octanol–water partition coefficient (Wildman–Crippen LogP) is 6.24. The molecule has 22 heavy (non-hydrogen) atoms. The quantitative estimate of drug-likeness (QED) is 0.583. The molecule has 2 aromatic rings. The maximum atomic E-state index is 6.29. The van der Waals surface area contributed by atoms with Crippen LogP contribution in [0.3, 0.4) is 0 Å². The lowest BCUT2D eigenvalue weighted by atomic mass is 9.76. The summed E-state index contributed by atoms with van der Waals surface area (Å²) in [5.41, 5.74) is 5.17. The highest BCUT2D eigenvalue weighted by atomic mass is 79.9. The van der Waals surface area contributed by atoms with E-state index < -0.39 is 0 Å². The van der Waals surface area contributed by atoms with Crippen LogP contribution in [0.2, 0.25) is 5.02 Å². The number of fused-ring (bicyclic) bond motifs is 3. The second kappa shape index (κ2) is 5.43. The number of aryl methyl sites for hydroxylation is 1. The van der Waals surface area contributed by atoms with Crippen LogP contribution in [-0.2, 0) is 0 Å². The van der Waals surface area contributed by atoms with Crippen LogP contribution in [0.5, 0.6) is 0 Å². The first kappa shape index (κ1) is 14.3. The summed E-state index contributed by atoms with van der Waals surface area (Å²) in [4.78, 5) is 0. The molecule has 1 N–H and O–H groups in total. The molecule has 0 fully saturated rings. The van der Waals surface area contributed by atoms with Crippen molar-refractivity contribution in [1.82, 2.24) is 0 Å². The van der Waals surface area contributed by atoms with Gasteiger partial charge in [-0.25, -0.2) is 0 Å². The molecule has 2 aliphatic rings. The molecule has 1 aliphatic carbocycles. The second-order valence-electron chi connectivity index (χ2n) is 6.21. The number of rotatable bonds is 1. The first-order valence-electron chi connectivity index (χ1n) is 7.62. The maximum absolute atomic E-state index is 6.29. The van der Waals surface area contributed by atoms with E-state index in [4.69, 9.17) is 11.6 Å². The summed E-state index contributed by atoms with van der Waals surface area (Å²) in [5, 5.41) is 4.62. The van der Waals surface area contributed by atoms with E-state index in [0.717, 1.165) is 15.9 Å².